The highest BCUT2D eigenvalue weighted by Crippen LogP contribution is 2.27. The molecule has 0 unspecified atom stereocenters. The molecule has 0 saturated carbocycles. The van der Waals surface area contributed by atoms with Crippen molar-refractivity contribution in [2.75, 3.05) is 4.72 Å². The predicted octanol–water partition coefficient (Wildman–Crippen LogP) is 1.75. The van der Waals surface area contributed by atoms with Gasteiger partial charge in [-0.1, -0.05) is 17.3 Å². The zero-order chi connectivity index (χ0) is 15.8. The first kappa shape index (κ1) is 15.4. The van der Waals surface area contributed by atoms with Crippen molar-refractivity contribution in [2.24, 2.45) is 0 Å². The van der Waals surface area contributed by atoms with Crippen molar-refractivity contribution >= 4 is 25.9 Å². The summed E-state index contributed by atoms with van der Waals surface area (Å²) in [6, 6.07) is 4.75. The summed E-state index contributed by atoms with van der Waals surface area (Å²) in [5.74, 6) is 0.0422. The maximum absolute atomic E-state index is 13.2. The SMILES string of the molecule is Cc1noc(C)c1S(=O)(=O)Nc1ccccc1S(=O)(=O)F. The number of halogens is 1. The number of hydrogen-bond acceptors (Lipinski definition) is 6. The van der Waals surface area contributed by atoms with Crippen LogP contribution < -0.4 is 4.72 Å². The van der Waals surface area contributed by atoms with Gasteiger partial charge in [0.15, 0.2) is 10.7 Å². The molecule has 114 valence electrons. The summed E-state index contributed by atoms with van der Waals surface area (Å²) in [6.07, 6.45) is 0. The van der Waals surface area contributed by atoms with Crippen LogP contribution in [0, 0.1) is 13.8 Å². The van der Waals surface area contributed by atoms with Crippen LogP contribution >= 0.6 is 0 Å². The van der Waals surface area contributed by atoms with E-state index in [1.807, 2.05) is 4.72 Å². The number of anilines is 1. The largest absolute Gasteiger partial charge is 0.360 e. The van der Waals surface area contributed by atoms with Gasteiger partial charge in [-0.3, -0.25) is 4.72 Å². The van der Waals surface area contributed by atoms with Crippen LogP contribution in [0.3, 0.4) is 0 Å². The molecule has 21 heavy (non-hydrogen) atoms. The Hall–Kier alpha value is -1.94. The van der Waals surface area contributed by atoms with Gasteiger partial charge >= 0.3 is 10.2 Å². The molecule has 10 heteroatoms. The lowest BCUT2D eigenvalue weighted by atomic mass is 10.3. The number of para-hydroxylation sites is 1. The number of rotatable bonds is 4. The van der Waals surface area contributed by atoms with Crippen LogP contribution in [0.4, 0.5) is 9.57 Å². The third-order valence-corrected chi connectivity index (χ3v) is 5.12. The monoisotopic (exact) mass is 334 g/mol. The topological polar surface area (TPSA) is 106 Å². The molecular formula is C11H11FN2O5S2. The number of hydrogen-bond donors (Lipinski definition) is 1. The van der Waals surface area contributed by atoms with Gasteiger partial charge in [-0.15, -0.1) is 3.89 Å². The smallest absolute Gasteiger partial charge is 0.334 e. The second-order valence-electron chi connectivity index (χ2n) is 4.19. The lowest BCUT2D eigenvalue weighted by Crippen LogP contribution is -2.16. The van der Waals surface area contributed by atoms with Gasteiger partial charge in [0.25, 0.3) is 10.0 Å². The molecule has 0 aliphatic heterocycles. The van der Waals surface area contributed by atoms with E-state index in [4.69, 9.17) is 4.52 Å². The predicted molar refractivity (Wildman–Crippen MR) is 71.5 cm³/mol. The molecule has 0 amide bonds. The molecule has 2 rings (SSSR count). The molecule has 0 aliphatic rings. The van der Waals surface area contributed by atoms with Gasteiger partial charge in [0.1, 0.15) is 10.6 Å². The summed E-state index contributed by atoms with van der Waals surface area (Å²) in [7, 11) is -9.21. The van der Waals surface area contributed by atoms with Gasteiger partial charge < -0.3 is 4.52 Å². The Morgan fingerprint density at radius 3 is 2.29 bits per heavy atom. The molecule has 0 aliphatic carbocycles. The van der Waals surface area contributed by atoms with Crippen molar-refractivity contribution in [2.45, 2.75) is 23.6 Å². The van der Waals surface area contributed by atoms with E-state index in [2.05, 4.69) is 5.16 Å². The van der Waals surface area contributed by atoms with Crippen LogP contribution in [0.5, 0.6) is 0 Å². The fourth-order valence-corrected chi connectivity index (χ4v) is 3.92. The first-order valence-electron chi connectivity index (χ1n) is 5.62. The molecule has 1 heterocycles. The molecule has 0 saturated heterocycles. The molecule has 0 spiro atoms. The van der Waals surface area contributed by atoms with Gasteiger partial charge in [-0.2, -0.15) is 8.42 Å². The minimum Gasteiger partial charge on any atom is -0.360 e. The third kappa shape index (κ3) is 3.05. The molecule has 1 aromatic heterocycles. The van der Waals surface area contributed by atoms with E-state index >= 15 is 0 Å². The molecule has 1 N–H and O–H groups in total. The number of benzene rings is 1. The fraction of sp³-hybridized carbons (Fsp3) is 0.182. The van der Waals surface area contributed by atoms with Crippen LogP contribution in [0.15, 0.2) is 38.6 Å². The van der Waals surface area contributed by atoms with Crippen LogP contribution in [-0.2, 0) is 20.2 Å². The van der Waals surface area contributed by atoms with Gasteiger partial charge in [0, 0.05) is 0 Å². The third-order valence-electron chi connectivity index (χ3n) is 2.63. The van der Waals surface area contributed by atoms with Crippen LogP contribution in [0.25, 0.3) is 0 Å². The highest BCUT2D eigenvalue weighted by atomic mass is 32.3. The van der Waals surface area contributed by atoms with E-state index in [-0.39, 0.29) is 22.0 Å². The standard InChI is InChI=1S/C11H11FN2O5S2/c1-7-11(8(2)19-13-7)21(17,18)14-9-5-3-4-6-10(9)20(12,15)16/h3-6,14H,1-2H3. The fourth-order valence-electron chi connectivity index (χ4n) is 1.82. The Labute approximate surface area is 121 Å². The van der Waals surface area contributed by atoms with Crippen LogP contribution in [0.2, 0.25) is 0 Å². The van der Waals surface area contributed by atoms with E-state index < -0.39 is 25.1 Å². The van der Waals surface area contributed by atoms with Gasteiger partial charge in [0.05, 0.1) is 5.69 Å². The van der Waals surface area contributed by atoms with E-state index in [0.717, 1.165) is 12.1 Å². The zero-order valence-electron chi connectivity index (χ0n) is 11.0. The normalized spacial score (nSPS) is 12.3. The van der Waals surface area contributed by atoms with E-state index in [9.17, 15) is 20.7 Å². The molecule has 0 bridgehead atoms. The van der Waals surface area contributed by atoms with Gasteiger partial charge in [-0.05, 0) is 26.0 Å². The number of sulfonamides is 1. The second-order valence-corrected chi connectivity index (χ2v) is 7.13. The molecule has 7 nitrogen and oxygen atoms in total. The van der Waals surface area contributed by atoms with Crippen molar-refractivity contribution in [1.82, 2.24) is 5.16 Å². The maximum Gasteiger partial charge on any atom is 0.334 e. The zero-order valence-corrected chi connectivity index (χ0v) is 12.6. The summed E-state index contributed by atoms with van der Waals surface area (Å²) in [5.41, 5.74) is -0.277. The summed E-state index contributed by atoms with van der Waals surface area (Å²) < 4.78 is 66.5. The second kappa shape index (κ2) is 5.11. The molecule has 0 radical (unpaired) electrons. The highest BCUT2D eigenvalue weighted by molar-refractivity contribution is 7.93. The average molecular weight is 334 g/mol. The van der Waals surface area contributed by atoms with Crippen molar-refractivity contribution in [1.29, 1.82) is 0 Å². The summed E-state index contributed by atoms with van der Waals surface area (Å²) in [4.78, 5) is -0.978. The summed E-state index contributed by atoms with van der Waals surface area (Å²) in [5, 5.41) is 3.51. The lowest BCUT2D eigenvalue weighted by Gasteiger charge is -2.09. The lowest BCUT2D eigenvalue weighted by molar-refractivity contribution is 0.390. The Balaban J connectivity index is 2.53. The molecule has 0 fully saturated rings. The Morgan fingerprint density at radius 2 is 1.76 bits per heavy atom. The first-order valence-corrected chi connectivity index (χ1v) is 8.49. The van der Waals surface area contributed by atoms with Gasteiger partial charge in [-0.25, -0.2) is 8.42 Å². The van der Waals surface area contributed by atoms with E-state index in [1.165, 1.54) is 26.0 Å². The highest BCUT2D eigenvalue weighted by Gasteiger charge is 2.27. The van der Waals surface area contributed by atoms with Crippen molar-refractivity contribution in [3.05, 3.63) is 35.7 Å². The summed E-state index contributed by atoms with van der Waals surface area (Å²) in [6.45, 7) is 2.81. The van der Waals surface area contributed by atoms with Gasteiger partial charge in [0.2, 0.25) is 0 Å². The quantitative estimate of drug-likeness (QED) is 0.854. The van der Waals surface area contributed by atoms with E-state index in [1.54, 1.807) is 0 Å². The maximum atomic E-state index is 13.2. The number of nitrogens with zero attached hydrogens (tertiary/aromatic N) is 1. The minimum atomic E-state index is -5.06. The van der Waals surface area contributed by atoms with Crippen LogP contribution in [-0.4, -0.2) is 22.0 Å². The average Bonchev–Trinajstić information content (AvgIpc) is 2.68. The van der Waals surface area contributed by atoms with E-state index in [0.29, 0.717) is 0 Å². The number of aryl methyl sites for hydroxylation is 2. The Bertz CT molecular complexity index is 868. The number of nitrogens with one attached hydrogen (secondary N) is 1. The molecule has 0 atom stereocenters. The van der Waals surface area contributed by atoms with Crippen molar-refractivity contribution in [3.8, 4) is 0 Å². The van der Waals surface area contributed by atoms with Crippen LogP contribution in [0.1, 0.15) is 11.5 Å². The molecule has 2 aromatic rings. The number of aromatic nitrogens is 1. The molecule has 1 aromatic carbocycles. The Morgan fingerprint density at radius 1 is 1.14 bits per heavy atom. The minimum absolute atomic E-state index is 0.0422. The Kier molecular flexibility index (Phi) is 3.76. The molecular weight excluding hydrogens is 323 g/mol. The van der Waals surface area contributed by atoms with Crippen molar-refractivity contribution in [3.63, 3.8) is 0 Å². The van der Waals surface area contributed by atoms with Crippen molar-refractivity contribution < 1.29 is 25.2 Å². The summed E-state index contributed by atoms with van der Waals surface area (Å²) >= 11 is 0. The first-order chi connectivity index (χ1) is 9.63.